The third kappa shape index (κ3) is 5.04. The smallest absolute Gasteiger partial charge is 0.101 e. The Bertz CT molecular complexity index is 2810. The maximum atomic E-state index is 9.06. The second-order valence-electron chi connectivity index (χ2n) is 12.2. The number of hydrogen-bond acceptors (Lipinski definition) is 5. The van der Waals surface area contributed by atoms with E-state index in [0.29, 0.717) is 22.8 Å². The number of para-hydroxylation sites is 1. The highest BCUT2D eigenvalue weighted by atomic mass is 15.1. The van der Waals surface area contributed by atoms with Crippen LogP contribution < -0.4 is 4.90 Å². The summed E-state index contributed by atoms with van der Waals surface area (Å²) >= 11 is 0. The van der Waals surface area contributed by atoms with Gasteiger partial charge < -0.3 is 4.90 Å². The molecule has 5 nitrogen and oxygen atoms in total. The lowest BCUT2D eigenvalue weighted by Gasteiger charge is -2.26. The number of fused-ring (bicyclic) bond motifs is 4. The first-order valence-electron chi connectivity index (χ1n) is 18.6. The zero-order chi connectivity index (χ0) is 37.2. The lowest BCUT2D eigenvalue weighted by atomic mass is 9.98. The van der Waals surface area contributed by atoms with Gasteiger partial charge in [-0.05, 0) is 96.0 Å². The SMILES string of the molecule is [2H]c1c([2H])c([2H])c(N(c2cccc(-c3nnc(C)c4cc5ccccc5cc34)c2)c2cccc(-c3nnc(C)c4cc5ccccc5cc34)c2)c([2H])c1[2H]. The van der Waals surface area contributed by atoms with Crippen molar-refractivity contribution >= 4 is 60.2 Å². The van der Waals surface area contributed by atoms with E-state index in [0.717, 1.165) is 65.6 Å². The van der Waals surface area contributed by atoms with Gasteiger partial charge in [0.2, 0.25) is 0 Å². The van der Waals surface area contributed by atoms with Crippen molar-refractivity contribution in [2.24, 2.45) is 0 Å². The number of nitrogens with zero attached hydrogens (tertiary/aromatic N) is 5. The monoisotopic (exact) mass is 634 g/mol. The van der Waals surface area contributed by atoms with Crippen molar-refractivity contribution in [3.05, 3.63) is 163 Å². The third-order valence-corrected chi connectivity index (χ3v) is 9.13. The first-order chi connectivity index (χ1) is 26.2. The average Bonchev–Trinajstić information content (AvgIpc) is 3.20. The first-order valence-corrected chi connectivity index (χ1v) is 16.1. The summed E-state index contributed by atoms with van der Waals surface area (Å²) in [7, 11) is 0. The molecule has 49 heavy (non-hydrogen) atoms. The molecule has 0 aliphatic carbocycles. The third-order valence-electron chi connectivity index (χ3n) is 9.13. The van der Waals surface area contributed by atoms with Gasteiger partial charge in [-0.25, -0.2) is 0 Å². The van der Waals surface area contributed by atoms with Crippen LogP contribution in [0.2, 0.25) is 0 Å². The number of hydrogen-bond donors (Lipinski definition) is 0. The number of anilines is 3. The van der Waals surface area contributed by atoms with E-state index in [1.165, 1.54) is 0 Å². The molecule has 7 aromatic carbocycles. The van der Waals surface area contributed by atoms with E-state index in [1.807, 2.05) is 86.6 Å². The number of benzene rings is 7. The molecule has 0 unspecified atom stereocenters. The van der Waals surface area contributed by atoms with E-state index >= 15 is 0 Å². The Morgan fingerprint density at radius 1 is 0.429 bits per heavy atom. The van der Waals surface area contributed by atoms with Gasteiger partial charge in [-0.1, -0.05) is 90.9 Å². The molecular formula is C44H31N5. The highest BCUT2D eigenvalue weighted by molar-refractivity contribution is 6.06. The van der Waals surface area contributed by atoms with Crippen LogP contribution in [0.3, 0.4) is 0 Å². The van der Waals surface area contributed by atoms with Gasteiger partial charge in [-0.2, -0.15) is 10.2 Å². The van der Waals surface area contributed by atoms with Crippen molar-refractivity contribution < 1.29 is 6.85 Å². The minimum absolute atomic E-state index is 0.0204. The first kappa shape index (κ1) is 23.8. The molecular weight excluding hydrogens is 599 g/mol. The Balaban J connectivity index is 1.27. The maximum absolute atomic E-state index is 9.06. The number of rotatable bonds is 5. The zero-order valence-electron chi connectivity index (χ0n) is 31.8. The summed E-state index contributed by atoms with van der Waals surface area (Å²) in [5.41, 5.74) is 5.66. The van der Waals surface area contributed by atoms with Crippen molar-refractivity contribution in [2.45, 2.75) is 13.8 Å². The molecule has 9 rings (SSSR count). The Morgan fingerprint density at radius 3 is 1.31 bits per heavy atom. The lowest BCUT2D eigenvalue weighted by molar-refractivity contribution is 1.01. The van der Waals surface area contributed by atoms with E-state index in [-0.39, 0.29) is 17.8 Å². The van der Waals surface area contributed by atoms with Gasteiger partial charge >= 0.3 is 0 Å². The van der Waals surface area contributed by atoms with Gasteiger partial charge in [-0.15, -0.1) is 10.2 Å². The summed E-state index contributed by atoms with van der Waals surface area (Å²) in [5.74, 6) is 0. The minimum Gasteiger partial charge on any atom is -0.310 e. The van der Waals surface area contributed by atoms with Crippen molar-refractivity contribution in [3.63, 3.8) is 0 Å². The van der Waals surface area contributed by atoms with E-state index in [2.05, 4.69) is 68.9 Å². The molecule has 0 saturated carbocycles. The van der Waals surface area contributed by atoms with Crippen LogP contribution in [0.15, 0.2) is 152 Å². The molecule has 0 amide bonds. The van der Waals surface area contributed by atoms with E-state index < -0.39 is 18.1 Å². The Kier molecular flexibility index (Phi) is 5.66. The predicted octanol–water partition coefficient (Wildman–Crippen LogP) is 11.3. The van der Waals surface area contributed by atoms with Crippen LogP contribution in [0.25, 0.3) is 65.6 Å². The molecule has 0 radical (unpaired) electrons. The van der Waals surface area contributed by atoms with Crippen LogP contribution in [-0.2, 0) is 0 Å². The number of aromatic nitrogens is 4. The van der Waals surface area contributed by atoms with E-state index in [4.69, 9.17) is 6.85 Å². The zero-order valence-corrected chi connectivity index (χ0v) is 26.8. The fourth-order valence-corrected chi connectivity index (χ4v) is 6.71. The van der Waals surface area contributed by atoms with Crippen LogP contribution >= 0.6 is 0 Å². The van der Waals surface area contributed by atoms with Gasteiger partial charge in [0.05, 0.1) is 18.2 Å². The van der Waals surface area contributed by atoms with Crippen molar-refractivity contribution in [2.75, 3.05) is 4.90 Å². The van der Waals surface area contributed by atoms with Crippen molar-refractivity contribution in [1.29, 1.82) is 0 Å². The van der Waals surface area contributed by atoms with Gasteiger partial charge in [0.15, 0.2) is 0 Å². The Labute approximate surface area is 291 Å². The molecule has 2 heterocycles. The molecule has 0 aliphatic heterocycles. The number of aryl methyl sites for hydroxylation is 2. The molecule has 232 valence electrons. The molecule has 0 N–H and O–H groups in total. The second-order valence-corrected chi connectivity index (χ2v) is 12.2. The van der Waals surface area contributed by atoms with Gasteiger partial charge in [-0.3, -0.25) is 0 Å². The normalized spacial score (nSPS) is 12.9. The largest absolute Gasteiger partial charge is 0.310 e. The molecule has 0 spiro atoms. The van der Waals surface area contributed by atoms with Crippen molar-refractivity contribution in [1.82, 2.24) is 20.4 Å². The standard InChI is InChI=1S/C44H31N5/c1-28-39-24-30-12-6-8-14-32(30)26-41(39)43(47-45-28)34-16-10-20-37(22-34)49(36-18-4-3-5-19-36)38-21-11-17-35(23-38)44-42-27-33-15-9-7-13-31(33)25-40(42)29(2)46-48-44/h3-27H,1-2H3/i3D,4D,5D,18D,19D. The molecule has 0 bridgehead atoms. The van der Waals surface area contributed by atoms with Crippen LogP contribution in [-0.4, -0.2) is 20.4 Å². The quantitative estimate of drug-likeness (QED) is 0.176. The summed E-state index contributed by atoms with van der Waals surface area (Å²) in [4.78, 5) is 1.71. The highest BCUT2D eigenvalue weighted by Gasteiger charge is 2.18. The van der Waals surface area contributed by atoms with Crippen LogP contribution in [0.4, 0.5) is 17.1 Å². The summed E-state index contributed by atoms with van der Waals surface area (Å²) in [6.07, 6.45) is 0. The summed E-state index contributed by atoms with van der Waals surface area (Å²) < 4.78 is 43.6. The predicted molar refractivity (Wildman–Crippen MR) is 203 cm³/mol. The molecule has 0 atom stereocenters. The highest BCUT2D eigenvalue weighted by Crippen LogP contribution is 2.40. The summed E-state index contributed by atoms with van der Waals surface area (Å²) in [6.45, 7) is 3.89. The molecule has 9 aromatic rings. The van der Waals surface area contributed by atoms with Crippen LogP contribution in [0.5, 0.6) is 0 Å². The summed E-state index contributed by atoms with van der Waals surface area (Å²) in [5, 5.41) is 26.6. The fraction of sp³-hybridized carbons (Fsp3) is 0.0455. The van der Waals surface area contributed by atoms with Gasteiger partial charge in [0.25, 0.3) is 0 Å². The van der Waals surface area contributed by atoms with Crippen LogP contribution in [0.1, 0.15) is 18.2 Å². The maximum Gasteiger partial charge on any atom is 0.101 e. The Morgan fingerprint density at radius 2 is 0.857 bits per heavy atom. The topological polar surface area (TPSA) is 54.8 Å². The second kappa shape index (κ2) is 11.7. The average molecular weight is 635 g/mol. The molecule has 0 saturated heterocycles. The molecule has 0 aliphatic rings. The molecule has 2 aromatic heterocycles. The van der Waals surface area contributed by atoms with Crippen molar-refractivity contribution in [3.8, 4) is 22.5 Å². The minimum atomic E-state index is -0.460. The van der Waals surface area contributed by atoms with E-state index in [1.54, 1.807) is 4.90 Å². The summed E-state index contributed by atoms with van der Waals surface area (Å²) in [6, 6.07) is 38.2. The molecule has 5 heteroatoms. The fourth-order valence-electron chi connectivity index (χ4n) is 6.71. The van der Waals surface area contributed by atoms with Crippen LogP contribution in [0, 0.1) is 13.8 Å². The lowest BCUT2D eigenvalue weighted by Crippen LogP contribution is -2.10. The van der Waals surface area contributed by atoms with Gasteiger partial charge in [0.1, 0.15) is 11.4 Å². The molecule has 0 fully saturated rings. The Hall–Kier alpha value is -6.46. The van der Waals surface area contributed by atoms with Gasteiger partial charge in [0, 0.05) is 49.7 Å². The van der Waals surface area contributed by atoms with E-state index in [9.17, 15) is 0 Å².